The fourth-order valence-corrected chi connectivity index (χ4v) is 1.63. The van der Waals surface area contributed by atoms with E-state index in [2.05, 4.69) is 33.2 Å². The molecule has 1 rings (SSSR count). The van der Waals surface area contributed by atoms with Crippen molar-refractivity contribution < 1.29 is 14.7 Å². The highest BCUT2D eigenvalue weighted by Gasteiger charge is 2.13. The normalized spacial score (nSPS) is 9.76. The van der Waals surface area contributed by atoms with E-state index in [-0.39, 0.29) is 13.2 Å². The predicted octanol–water partition coefficient (Wildman–Crippen LogP) is 0.728. The molecule has 0 unspecified atom stereocenters. The molecular weight excluding hydrogens is 335 g/mol. The van der Waals surface area contributed by atoms with Crippen molar-refractivity contribution in [2.24, 2.45) is 0 Å². The van der Waals surface area contributed by atoms with Gasteiger partial charge in [0.15, 0.2) is 0 Å². The Morgan fingerprint density at radius 1 is 1.24 bits per heavy atom. The van der Waals surface area contributed by atoms with Gasteiger partial charge in [-0.15, -0.1) is 0 Å². The van der Waals surface area contributed by atoms with E-state index >= 15 is 0 Å². The number of anilines is 1. The SMILES string of the molecule is O=C(NCCCO)C(=O)Nc1ccccc1I. The van der Waals surface area contributed by atoms with E-state index in [1.165, 1.54) is 0 Å². The highest BCUT2D eigenvalue weighted by molar-refractivity contribution is 14.1. The van der Waals surface area contributed by atoms with Crippen LogP contribution in [0.15, 0.2) is 24.3 Å². The summed E-state index contributed by atoms with van der Waals surface area (Å²) in [5.41, 5.74) is 0.607. The van der Waals surface area contributed by atoms with Crippen LogP contribution in [0.5, 0.6) is 0 Å². The molecule has 0 atom stereocenters. The van der Waals surface area contributed by atoms with Crippen LogP contribution in [0.3, 0.4) is 0 Å². The van der Waals surface area contributed by atoms with Crippen molar-refractivity contribution in [3.63, 3.8) is 0 Å². The van der Waals surface area contributed by atoms with Gasteiger partial charge in [0.05, 0.1) is 5.69 Å². The number of hydrogen-bond acceptors (Lipinski definition) is 3. The minimum Gasteiger partial charge on any atom is -0.396 e. The van der Waals surface area contributed by atoms with Crippen molar-refractivity contribution in [2.45, 2.75) is 6.42 Å². The third-order valence-corrected chi connectivity index (χ3v) is 2.89. The number of rotatable bonds is 4. The second kappa shape index (κ2) is 7.23. The maximum atomic E-state index is 11.5. The average molecular weight is 348 g/mol. The van der Waals surface area contributed by atoms with Crippen LogP contribution in [0.4, 0.5) is 5.69 Å². The zero-order chi connectivity index (χ0) is 12.7. The number of para-hydroxylation sites is 1. The number of carbonyl (C=O) groups is 2. The molecule has 0 bridgehead atoms. The first-order chi connectivity index (χ1) is 8.15. The number of nitrogens with one attached hydrogen (secondary N) is 2. The Kier molecular flexibility index (Phi) is 5.92. The number of aliphatic hydroxyl groups excluding tert-OH is 1. The Hall–Kier alpha value is -1.15. The fraction of sp³-hybridized carbons (Fsp3) is 0.273. The molecule has 0 heterocycles. The maximum Gasteiger partial charge on any atom is 0.313 e. The fourth-order valence-electron chi connectivity index (χ4n) is 1.10. The molecule has 5 nitrogen and oxygen atoms in total. The first-order valence-corrected chi connectivity index (χ1v) is 6.17. The summed E-state index contributed by atoms with van der Waals surface area (Å²) in [5, 5.41) is 13.5. The van der Waals surface area contributed by atoms with E-state index in [1.807, 2.05) is 12.1 Å². The lowest BCUT2D eigenvalue weighted by Crippen LogP contribution is -2.36. The van der Waals surface area contributed by atoms with Gasteiger partial charge in [-0.3, -0.25) is 9.59 Å². The van der Waals surface area contributed by atoms with E-state index in [0.717, 1.165) is 3.57 Å². The van der Waals surface area contributed by atoms with Gasteiger partial charge in [0.1, 0.15) is 0 Å². The van der Waals surface area contributed by atoms with Gasteiger partial charge in [0.25, 0.3) is 0 Å². The third kappa shape index (κ3) is 4.70. The van der Waals surface area contributed by atoms with Gasteiger partial charge in [-0.25, -0.2) is 0 Å². The minimum atomic E-state index is -0.702. The molecule has 1 aromatic rings. The molecule has 0 fully saturated rings. The van der Waals surface area contributed by atoms with Crippen LogP contribution in [0, 0.1) is 3.57 Å². The summed E-state index contributed by atoms with van der Waals surface area (Å²) >= 11 is 2.07. The van der Waals surface area contributed by atoms with E-state index in [9.17, 15) is 9.59 Å². The third-order valence-electron chi connectivity index (χ3n) is 1.95. The molecule has 0 aliphatic carbocycles. The van der Waals surface area contributed by atoms with E-state index in [0.29, 0.717) is 12.1 Å². The molecule has 3 N–H and O–H groups in total. The van der Waals surface area contributed by atoms with Gasteiger partial charge in [-0.2, -0.15) is 0 Å². The Labute approximate surface area is 113 Å². The van der Waals surface area contributed by atoms with E-state index in [4.69, 9.17) is 5.11 Å². The minimum absolute atomic E-state index is 0.0154. The van der Waals surface area contributed by atoms with Crippen LogP contribution < -0.4 is 10.6 Å². The largest absolute Gasteiger partial charge is 0.396 e. The van der Waals surface area contributed by atoms with Crippen LogP contribution in [-0.4, -0.2) is 30.1 Å². The molecular formula is C11H13IN2O3. The number of benzene rings is 1. The van der Waals surface area contributed by atoms with Crippen molar-refractivity contribution in [3.8, 4) is 0 Å². The Morgan fingerprint density at radius 2 is 1.94 bits per heavy atom. The lowest BCUT2D eigenvalue weighted by molar-refractivity contribution is -0.136. The molecule has 2 amide bonds. The van der Waals surface area contributed by atoms with Gasteiger partial charge < -0.3 is 15.7 Å². The maximum absolute atomic E-state index is 11.5. The second-order valence-corrected chi connectivity index (χ2v) is 4.43. The molecule has 92 valence electrons. The molecule has 0 saturated carbocycles. The van der Waals surface area contributed by atoms with Crippen molar-refractivity contribution in [2.75, 3.05) is 18.5 Å². The van der Waals surface area contributed by atoms with Crippen molar-refractivity contribution in [3.05, 3.63) is 27.8 Å². The zero-order valence-corrected chi connectivity index (χ0v) is 11.2. The number of aliphatic hydroxyl groups is 1. The summed E-state index contributed by atoms with van der Waals surface area (Å²) in [6.45, 7) is 0.271. The number of halogens is 1. The Balaban J connectivity index is 2.49. The average Bonchev–Trinajstić information content (AvgIpc) is 2.32. The summed E-state index contributed by atoms with van der Waals surface area (Å²) < 4.78 is 0.863. The monoisotopic (exact) mass is 348 g/mol. The zero-order valence-electron chi connectivity index (χ0n) is 9.07. The van der Waals surface area contributed by atoms with Gasteiger partial charge in [0.2, 0.25) is 0 Å². The van der Waals surface area contributed by atoms with Crippen molar-refractivity contribution in [1.82, 2.24) is 5.32 Å². The summed E-state index contributed by atoms with van der Waals surface area (Å²) in [7, 11) is 0. The van der Waals surface area contributed by atoms with Crippen molar-refractivity contribution >= 4 is 40.1 Å². The van der Waals surface area contributed by atoms with Crippen molar-refractivity contribution in [1.29, 1.82) is 0 Å². The molecule has 0 spiro atoms. The smallest absolute Gasteiger partial charge is 0.313 e. The molecule has 0 aliphatic rings. The first-order valence-electron chi connectivity index (χ1n) is 5.09. The predicted molar refractivity (Wildman–Crippen MR) is 72.5 cm³/mol. The molecule has 1 aromatic carbocycles. The Morgan fingerprint density at radius 3 is 2.59 bits per heavy atom. The number of carbonyl (C=O) groups excluding carboxylic acids is 2. The van der Waals surface area contributed by atoms with Gasteiger partial charge in [-0.05, 0) is 41.1 Å². The highest BCUT2D eigenvalue weighted by Crippen LogP contribution is 2.16. The summed E-state index contributed by atoms with van der Waals surface area (Å²) in [5.74, 6) is -1.40. The topological polar surface area (TPSA) is 78.4 Å². The van der Waals surface area contributed by atoms with Crippen LogP contribution in [0.25, 0.3) is 0 Å². The van der Waals surface area contributed by atoms with Crippen LogP contribution in [0.2, 0.25) is 0 Å². The van der Waals surface area contributed by atoms with E-state index in [1.54, 1.807) is 12.1 Å². The first kappa shape index (κ1) is 13.9. The lowest BCUT2D eigenvalue weighted by atomic mass is 10.3. The highest BCUT2D eigenvalue weighted by atomic mass is 127. The van der Waals surface area contributed by atoms with Crippen LogP contribution in [0.1, 0.15) is 6.42 Å². The molecule has 17 heavy (non-hydrogen) atoms. The quantitative estimate of drug-likeness (QED) is 0.427. The lowest BCUT2D eigenvalue weighted by Gasteiger charge is -2.07. The second-order valence-electron chi connectivity index (χ2n) is 3.27. The Bertz CT molecular complexity index is 409. The molecule has 0 radical (unpaired) electrons. The molecule has 0 saturated heterocycles. The van der Waals surface area contributed by atoms with Crippen LogP contribution >= 0.6 is 22.6 Å². The standard InChI is InChI=1S/C11H13IN2O3/c12-8-4-1-2-5-9(8)14-11(17)10(16)13-6-3-7-15/h1-2,4-5,15H,3,6-7H2,(H,13,16)(H,14,17). The molecule has 0 aromatic heterocycles. The molecule has 6 heteroatoms. The van der Waals surface area contributed by atoms with Gasteiger partial charge in [-0.1, -0.05) is 12.1 Å². The van der Waals surface area contributed by atoms with Gasteiger partial charge >= 0.3 is 11.8 Å². The van der Waals surface area contributed by atoms with E-state index < -0.39 is 11.8 Å². The van der Waals surface area contributed by atoms with Gasteiger partial charge in [0, 0.05) is 16.7 Å². The summed E-state index contributed by atoms with van der Waals surface area (Å²) in [6, 6.07) is 7.18. The number of hydrogen-bond donors (Lipinski definition) is 3. The van der Waals surface area contributed by atoms with Crippen LogP contribution in [-0.2, 0) is 9.59 Å². The summed E-state index contributed by atoms with van der Waals surface area (Å²) in [4.78, 5) is 22.8. The molecule has 0 aliphatic heterocycles. The summed E-state index contributed by atoms with van der Waals surface area (Å²) in [6.07, 6.45) is 0.432. The number of amides is 2.